The first-order chi connectivity index (χ1) is 9.24. The van der Waals surface area contributed by atoms with Crippen LogP contribution in [0.1, 0.15) is 29.6 Å². The van der Waals surface area contributed by atoms with Crippen molar-refractivity contribution in [2.45, 2.75) is 19.3 Å². The van der Waals surface area contributed by atoms with Crippen molar-refractivity contribution in [2.75, 3.05) is 19.5 Å². The van der Waals surface area contributed by atoms with Gasteiger partial charge < -0.3 is 4.90 Å². The van der Waals surface area contributed by atoms with Gasteiger partial charge in [0.2, 0.25) is 0 Å². The maximum Gasteiger partial charge on any atom is 0.257 e. The summed E-state index contributed by atoms with van der Waals surface area (Å²) in [7, 11) is 1.83. The van der Waals surface area contributed by atoms with Crippen LogP contribution < -0.4 is 0 Å². The standard InChI is InChI=1S/C14H18ClN3O/c1-17(9-5-2-4-8-15)14(19)12-11-16-18-10-6-3-7-13(12)18/h3,6-7,10-11H,2,4-5,8-9H2,1H3. The van der Waals surface area contributed by atoms with Gasteiger partial charge in [0, 0.05) is 25.7 Å². The highest BCUT2D eigenvalue weighted by atomic mass is 35.5. The van der Waals surface area contributed by atoms with Crippen molar-refractivity contribution >= 4 is 23.0 Å². The van der Waals surface area contributed by atoms with Gasteiger partial charge in [0.15, 0.2) is 0 Å². The molecule has 0 spiro atoms. The molecule has 0 aliphatic carbocycles. The minimum absolute atomic E-state index is 0.0204. The molecule has 2 aromatic rings. The minimum atomic E-state index is 0.0204. The maximum absolute atomic E-state index is 12.3. The molecule has 1 amide bonds. The highest BCUT2D eigenvalue weighted by Gasteiger charge is 2.16. The van der Waals surface area contributed by atoms with Crippen LogP contribution in [0.15, 0.2) is 30.6 Å². The molecule has 5 heteroatoms. The summed E-state index contributed by atoms with van der Waals surface area (Å²) < 4.78 is 1.72. The average Bonchev–Trinajstić information content (AvgIpc) is 2.86. The first kappa shape index (κ1) is 13.9. The number of alkyl halides is 1. The van der Waals surface area contributed by atoms with Crippen LogP contribution >= 0.6 is 11.6 Å². The fourth-order valence-corrected chi connectivity index (χ4v) is 2.22. The predicted octanol–water partition coefficient (Wildman–Crippen LogP) is 2.82. The van der Waals surface area contributed by atoms with E-state index in [1.807, 2.05) is 31.4 Å². The zero-order valence-electron chi connectivity index (χ0n) is 11.1. The second-order valence-corrected chi connectivity index (χ2v) is 4.94. The molecule has 2 aromatic heterocycles. The van der Waals surface area contributed by atoms with Gasteiger partial charge in [-0.2, -0.15) is 5.10 Å². The monoisotopic (exact) mass is 279 g/mol. The molecule has 0 aliphatic heterocycles. The Balaban J connectivity index is 2.02. The zero-order chi connectivity index (χ0) is 13.7. The van der Waals surface area contributed by atoms with Gasteiger partial charge in [-0.05, 0) is 25.0 Å². The van der Waals surface area contributed by atoms with E-state index < -0.39 is 0 Å². The Morgan fingerprint density at radius 1 is 1.37 bits per heavy atom. The lowest BCUT2D eigenvalue weighted by molar-refractivity contribution is 0.0794. The third-order valence-corrected chi connectivity index (χ3v) is 3.40. The van der Waals surface area contributed by atoms with Gasteiger partial charge in [-0.15, -0.1) is 11.6 Å². The third kappa shape index (κ3) is 3.26. The van der Waals surface area contributed by atoms with E-state index in [-0.39, 0.29) is 5.91 Å². The number of pyridine rings is 1. The summed E-state index contributed by atoms with van der Waals surface area (Å²) in [6.45, 7) is 0.750. The van der Waals surface area contributed by atoms with Gasteiger partial charge in [0.1, 0.15) is 0 Å². The molecule has 0 radical (unpaired) electrons. The number of fused-ring (bicyclic) bond motifs is 1. The topological polar surface area (TPSA) is 37.6 Å². The van der Waals surface area contributed by atoms with Crippen molar-refractivity contribution in [1.82, 2.24) is 14.5 Å². The molecule has 0 atom stereocenters. The molecule has 2 heterocycles. The fraction of sp³-hybridized carbons (Fsp3) is 0.429. The first-order valence-corrected chi connectivity index (χ1v) is 7.01. The van der Waals surface area contributed by atoms with E-state index in [1.165, 1.54) is 0 Å². The first-order valence-electron chi connectivity index (χ1n) is 6.48. The Hall–Kier alpha value is -1.55. The molecule has 19 heavy (non-hydrogen) atoms. The van der Waals surface area contributed by atoms with Gasteiger partial charge in [-0.3, -0.25) is 4.79 Å². The normalized spacial score (nSPS) is 10.8. The largest absolute Gasteiger partial charge is 0.342 e. The van der Waals surface area contributed by atoms with Gasteiger partial charge in [-0.25, -0.2) is 4.52 Å². The number of carbonyl (C=O) groups excluding carboxylic acids is 1. The smallest absolute Gasteiger partial charge is 0.257 e. The lowest BCUT2D eigenvalue weighted by atomic mass is 10.2. The van der Waals surface area contributed by atoms with Crippen LogP contribution in [0.25, 0.3) is 5.52 Å². The molecule has 0 N–H and O–H groups in total. The van der Waals surface area contributed by atoms with Crippen LogP contribution in [0.2, 0.25) is 0 Å². The van der Waals surface area contributed by atoms with E-state index in [9.17, 15) is 4.79 Å². The summed E-state index contributed by atoms with van der Waals surface area (Å²) >= 11 is 5.63. The number of amides is 1. The molecule has 0 saturated carbocycles. The highest BCUT2D eigenvalue weighted by Crippen LogP contribution is 2.12. The number of aromatic nitrogens is 2. The van der Waals surface area contributed by atoms with Crippen LogP contribution in [0, 0.1) is 0 Å². The Bertz CT molecular complexity index is 552. The second kappa shape index (κ2) is 6.57. The number of rotatable bonds is 6. The molecule has 0 aliphatic rings. The third-order valence-electron chi connectivity index (χ3n) is 3.13. The van der Waals surface area contributed by atoms with Crippen LogP contribution in [0.4, 0.5) is 0 Å². The number of carbonyl (C=O) groups is 1. The van der Waals surface area contributed by atoms with E-state index in [2.05, 4.69) is 5.10 Å². The number of hydrogen-bond donors (Lipinski definition) is 0. The van der Waals surface area contributed by atoms with Crippen molar-refractivity contribution in [1.29, 1.82) is 0 Å². The number of nitrogens with zero attached hydrogens (tertiary/aromatic N) is 3. The van der Waals surface area contributed by atoms with Crippen molar-refractivity contribution < 1.29 is 4.79 Å². The SMILES string of the molecule is CN(CCCCCCl)C(=O)c1cnn2ccccc12. The summed E-state index contributed by atoms with van der Waals surface area (Å²) in [5.41, 5.74) is 1.50. The molecule has 0 aromatic carbocycles. The molecule has 2 rings (SSSR count). The Morgan fingerprint density at radius 3 is 3.00 bits per heavy atom. The van der Waals surface area contributed by atoms with Crippen LogP contribution in [0.5, 0.6) is 0 Å². The van der Waals surface area contributed by atoms with E-state index >= 15 is 0 Å². The van der Waals surface area contributed by atoms with Crippen LogP contribution in [0.3, 0.4) is 0 Å². The number of hydrogen-bond acceptors (Lipinski definition) is 2. The molecule has 0 fully saturated rings. The molecule has 0 bridgehead atoms. The molecular weight excluding hydrogens is 262 g/mol. The number of halogens is 1. The van der Waals surface area contributed by atoms with Crippen molar-refractivity contribution in [3.05, 3.63) is 36.2 Å². The Kier molecular flexibility index (Phi) is 4.80. The molecule has 4 nitrogen and oxygen atoms in total. The fourth-order valence-electron chi connectivity index (χ4n) is 2.03. The lowest BCUT2D eigenvalue weighted by Gasteiger charge is -2.16. The van der Waals surface area contributed by atoms with Gasteiger partial charge >= 0.3 is 0 Å². The molecule has 0 unspecified atom stereocenters. The summed E-state index contributed by atoms with van der Waals surface area (Å²) in [5, 5.41) is 4.18. The average molecular weight is 280 g/mol. The van der Waals surface area contributed by atoms with E-state index in [1.54, 1.807) is 15.6 Å². The van der Waals surface area contributed by atoms with Crippen molar-refractivity contribution in [2.24, 2.45) is 0 Å². The highest BCUT2D eigenvalue weighted by molar-refractivity contribution is 6.17. The quantitative estimate of drug-likeness (QED) is 0.602. The summed E-state index contributed by atoms with van der Waals surface area (Å²) in [5.74, 6) is 0.707. The zero-order valence-corrected chi connectivity index (χ0v) is 11.8. The second-order valence-electron chi connectivity index (χ2n) is 4.57. The number of unbranched alkanes of at least 4 members (excludes halogenated alkanes) is 2. The van der Waals surface area contributed by atoms with Crippen LogP contribution in [-0.2, 0) is 0 Å². The summed E-state index contributed by atoms with van der Waals surface area (Å²) in [4.78, 5) is 14.1. The predicted molar refractivity (Wildman–Crippen MR) is 76.7 cm³/mol. The molecular formula is C14H18ClN3O. The summed E-state index contributed by atoms with van der Waals surface area (Å²) in [6.07, 6.45) is 6.50. The van der Waals surface area contributed by atoms with Crippen molar-refractivity contribution in [3.63, 3.8) is 0 Å². The minimum Gasteiger partial charge on any atom is -0.342 e. The maximum atomic E-state index is 12.3. The van der Waals surface area contributed by atoms with Crippen molar-refractivity contribution in [3.8, 4) is 0 Å². The van der Waals surface area contributed by atoms with Gasteiger partial charge in [0.05, 0.1) is 17.3 Å². The molecule has 102 valence electrons. The molecule has 0 saturated heterocycles. The Labute approximate surface area is 118 Å². The van der Waals surface area contributed by atoms with E-state index in [0.717, 1.165) is 31.3 Å². The Morgan fingerprint density at radius 2 is 2.21 bits per heavy atom. The van der Waals surface area contributed by atoms with Gasteiger partial charge in [0.25, 0.3) is 5.91 Å². The lowest BCUT2D eigenvalue weighted by Crippen LogP contribution is -2.27. The van der Waals surface area contributed by atoms with Crippen LogP contribution in [-0.4, -0.2) is 39.9 Å². The summed E-state index contributed by atoms with van der Waals surface area (Å²) in [6, 6.07) is 5.71. The van der Waals surface area contributed by atoms with E-state index in [0.29, 0.717) is 11.4 Å². The van der Waals surface area contributed by atoms with E-state index in [4.69, 9.17) is 11.6 Å². The van der Waals surface area contributed by atoms with Gasteiger partial charge in [-0.1, -0.05) is 12.5 Å².